The van der Waals surface area contributed by atoms with Gasteiger partial charge in [-0.15, -0.1) is 0 Å². The smallest absolute Gasteiger partial charge is 0.338 e. The van der Waals surface area contributed by atoms with Crippen LogP contribution in [0.2, 0.25) is 0 Å². The van der Waals surface area contributed by atoms with Crippen LogP contribution >= 0.6 is 0 Å². The van der Waals surface area contributed by atoms with Gasteiger partial charge in [0.2, 0.25) is 5.88 Å². The Morgan fingerprint density at radius 2 is 1.78 bits per heavy atom. The van der Waals surface area contributed by atoms with Crippen molar-refractivity contribution in [1.29, 1.82) is 0 Å². The molecule has 0 bridgehead atoms. The van der Waals surface area contributed by atoms with Crippen molar-refractivity contribution < 1.29 is 19.1 Å². The molecule has 1 fully saturated rings. The van der Waals surface area contributed by atoms with Crippen LogP contribution in [-0.2, 0) is 4.74 Å². The van der Waals surface area contributed by atoms with Gasteiger partial charge in [-0.2, -0.15) is 0 Å². The Hall–Kier alpha value is -2.89. The molecular formula is C17H16N2O4. The molecule has 2 aromatic rings. The summed E-state index contributed by atoms with van der Waals surface area (Å²) >= 11 is 0. The van der Waals surface area contributed by atoms with Gasteiger partial charge in [-0.3, -0.25) is 4.79 Å². The van der Waals surface area contributed by atoms with Crippen molar-refractivity contribution in [1.82, 2.24) is 9.88 Å². The lowest BCUT2D eigenvalue weighted by Gasteiger charge is -2.38. The first kappa shape index (κ1) is 15.0. The SMILES string of the molecule is COC(=O)c1ccccc1C(=O)N1CC(Oc2ccccn2)C1. The number of methoxy groups -OCH3 is 1. The number of carbonyl (C=O) groups excluding carboxylic acids is 2. The molecule has 0 saturated carbocycles. The predicted molar refractivity (Wildman–Crippen MR) is 82.3 cm³/mol. The number of amides is 1. The molecule has 1 amide bonds. The summed E-state index contributed by atoms with van der Waals surface area (Å²) in [4.78, 5) is 30.0. The fourth-order valence-corrected chi connectivity index (χ4v) is 2.39. The summed E-state index contributed by atoms with van der Waals surface area (Å²) < 4.78 is 10.4. The number of ether oxygens (including phenoxy) is 2. The molecule has 0 spiro atoms. The lowest BCUT2D eigenvalue weighted by Crippen LogP contribution is -2.56. The van der Waals surface area contributed by atoms with E-state index in [1.54, 1.807) is 41.4 Å². The molecule has 6 nitrogen and oxygen atoms in total. The highest BCUT2D eigenvalue weighted by atomic mass is 16.5. The molecule has 1 saturated heterocycles. The molecule has 1 aliphatic heterocycles. The zero-order valence-electron chi connectivity index (χ0n) is 12.6. The van der Waals surface area contributed by atoms with E-state index in [9.17, 15) is 9.59 Å². The molecule has 3 rings (SSSR count). The van der Waals surface area contributed by atoms with Gasteiger partial charge in [-0.05, 0) is 18.2 Å². The van der Waals surface area contributed by atoms with Crippen molar-refractivity contribution in [3.05, 3.63) is 59.8 Å². The molecule has 0 radical (unpaired) electrons. The summed E-state index contributed by atoms with van der Waals surface area (Å²) in [6.45, 7) is 0.926. The minimum Gasteiger partial charge on any atom is -0.471 e. The van der Waals surface area contributed by atoms with Gasteiger partial charge in [0.25, 0.3) is 5.91 Å². The average Bonchev–Trinajstić information content (AvgIpc) is 2.57. The number of aromatic nitrogens is 1. The molecule has 2 heterocycles. The van der Waals surface area contributed by atoms with Crippen LogP contribution < -0.4 is 4.74 Å². The second-order valence-electron chi connectivity index (χ2n) is 5.16. The fourth-order valence-electron chi connectivity index (χ4n) is 2.39. The highest BCUT2D eigenvalue weighted by Crippen LogP contribution is 2.20. The van der Waals surface area contributed by atoms with Gasteiger partial charge >= 0.3 is 5.97 Å². The number of carbonyl (C=O) groups is 2. The van der Waals surface area contributed by atoms with Gasteiger partial charge in [0.1, 0.15) is 6.10 Å². The number of hydrogen-bond donors (Lipinski definition) is 0. The molecule has 23 heavy (non-hydrogen) atoms. The van der Waals surface area contributed by atoms with Crippen LogP contribution in [0.4, 0.5) is 0 Å². The Morgan fingerprint density at radius 1 is 1.09 bits per heavy atom. The van der Waals surface area contributed by atoms with E-state index < -0.39 is 5.97 Å². The van der Waals surface area contributed by atoms with Gasteiger partial charge in [0, 0.05) is 12.3 Å². The maximum absolute atomic E-state index is 12.5. The largest absolute Gasteiger partial charge is 0.471 e. The van der Waals surface area contributed by atoms with Crippen molar-refractivity contribution in [2.75, 3.05) is 20.2 Å². The predicted octanol–water partition coefficient (Wildman–Crippen LogP) is 1.77. The number of likely N-dealkylation sites (tertiary alicyclic amines) is 1. The van der Waals surface area contributed by atoms with Crippen LogP contribution in [0.5, 0.6) is 5.88 Å². The Balaban J connectivity index is 1.64. The highest BCUT2D eigenvalue weighted by molar-refractivity contribution is 6.05. The molecule has 6 heteroatoms. The lowest BCUT2D eigenvalue weighted by molar-refractivity contribution is 0.0157. The Morgan fingerprint density at radius 3 is 2.43 bits per heavy atom. The van der Waals surface area contributed by atoms with Crippen LogP contribution in [0.1, 0.15) is 20.7 Å². The summed E-state index contributed by atoms with van der Waals surface area (Å²) in [7, 11) is 1.30. The van der Waals surface area contributed by atoms with Crippen LogP contribution in [0.3, 0.4) is 0 Å². The minimum absolute atomic E-state index is 0.0841. The van der Waals surface area contributed by atoms with Crippen LogP contribution in [0.25, 0.3) is 0 Å². The zero-order valence-corrected chi connectivity index (χ0v) is 12.6. The summed E-state index contributed by atoms with van der Waals surface area (Å²) in [6.07, 6.45) is 1.57. The molecule has 0 N–H and O–H groups in total. The van der Waals surface area contributed by atoms with Crippen molar-refractivity contribution in [3.63, 3.8) is 0 Å². The fraction of sp³-hybridized carbons (Fsp3) is 0.235. The maximum atomic E-state index is 12.5. The lowest BCUT2D eigenvalue weighted by atomic mass is 10.0. The minimum atomic E-state index is -0.518. The van der Waals surface area contributed by atoms with Crippen molar-refractivity contribution in [2.24, 2.45) is 0 Å². The molecule has 118 valence electrons. The molecule has 1 aromatic heterocycles. The van der Waals surface area contributed by atoms with Gasteiger partial charge in [0.05, 0.1) is 31.3 Å². The first-order valence-corrected chi connectivity index (χ1v) is 7.23. The Kier molecular flexibility index (Phi) is 4.23. The van der Waals surface area contributed by atoms with Gasteiger partial charge < -0.3 is 14.4 Å². The van der Waals surface area contributed by atoms with E-state index in [0.29, 0.717) is 24.5 Å². The van der Waals surface area contributed by atoms with Gasteiger partial charge in [-0.1, -0.05) is 18.2 Å². The van der Waals surface area contributed by atoms with E-state index in [1.807, 2.05) is 12.1 Å². The maximum Gasteiger partial charge on any atom is 0.338 e. The van der Waals surface area contributed by atoms with Crippen LogP contribution in [0, 0.1) is 0 Å². The molecular weight excluding hydrogens is 296 g/mol. The second-order valence-corrected chi connectivity index (χ2v) is 5.16. The Bertz CT molecular complexity index is 712. The van der Waals surface area contributed by atoms with E-state index >= 15 is 0 Å². The van der Waals surface area contributed by atoms with Crippen molar-refractivity contribution in [3.8, 4) is 5.88 Å². The van der Waals surface area contributed by atoms with Crippen LogP contribution in [-0.4, -0.2) is 48.1 Å². The number of pyridine rings is 1. The molecule has 0 atom stereocenters. The van der Waals surface area contributed by atoms with Gasteiger partial charge in [-0.25, -0.2) is 9.78 Å². The monoisotopic (exact) mass is 312 g/mol. The number of nitrogens with zero attached hydrogens (tertiary/aromatic N) is 2. The average molecular weight is 312 g/mol. The first-order valence-electron chi connectivity index (χ1n) is 7.23. The third-order valence-electron chi connectivity index (χ3n) is 3.62. The second kappa shape index (κ2) is 6.48. The topological polar surface area (TPSA) is 68.7 Å². The Labute approximate surface area is 133 Å². The zero-order chi connectivity index (χ0) is 16.2. The first-order chi connectivity index (χ1) is 11.2. The summed E-state index contributed by atoms with van der Waals surface area (Å²) in [5.74, 6) is -0.179. The standard InChI is InChI=1S/C17H16N2O4/c1-22-17(21)14-7-3-2-6-13(14)16(20)19-10-12(11-19)23-15-8-4-5-9-18-15/h2-9,12H,10-11H2,1H3. The third kappa shape index (κ3) is 3.15. The van der Waals surface area contributed by atoms with Crippen LogP contribution in [0.15, 0.2) is 48.7 Å². The van der Waals surface area contributed by atoms with E-state index in [-0.39, 0.29) is 17.6 Å². The van der Waals surface area contributed by atoms with E-state index in [2.05, 4.69) is 4.98 Å². The number of rotatable bonds is 4. The quantitative estimate of drug-likeness (QED) is 0.805. The summed E-state index contributed by atoms with van der Waals surface area (Å²) in [5.41, 5.74) is 0.615. The van der Waals surface area contributed by atoms with Crippen molar-refractivity contribution in [2.45, 2.75) is 6.10 Å². The summed E-state index contributed by atoms with van der Waals surface area (Å²) in [5, 5.41) is 0. The van der Waals surface area contributed by atoms with E-state index in [0.717, 1.165) is 0 Å². The summed E-state index contributed by atoms with van der Waals surface area (Å²) in [6, 6.07) is 12.1. The highest BCUT2D eigenvalue weighted by Gasteiger charge is 2.34. The molecule has 1 aromatic carbocycles. The van der Waals surface area contributed by atoms with Crippen molar-refractivity contribution >= 4 is 11.9 Å². The third-order valence-corrected chi connectivity index (χ3v) is 3.62. The number of esters is 1. The number of benzene rings is 1. The van der Waals surface area contributed by atoms with Gasteiger partial charge in [0.15, 0.2) is 0 Å². The normalized spacial score (nSPS) is 14.0. The molecule has 0 unspecified atom stereocenters. The van der Waals surface area contributed by atoms with E-state index in [1.165, 1.54) is 7.11 Å². The molecule has 0 aliphatic carbocycles. The number of hydrogen-bond acceptors (Lipinski definition) is 5. The van der Waals surface area contributed by atoms with E-state index in [4.69, 9.17) is 9.47 Å². The molecule has 1 aliphatic rings.